The number of hydrogen-bond donors (Lipinski definition) is 0. The Morgan fingerprint density at radius 2 is 1.94 bits per heavy atom. The lowest BCUT2D eigenvalue weighted by molar-refractivity contribution is -0.149. The summed E-state index contributed by atoms with van der Waals surface area (Å²) in [5.41, 5.74) is 0. The fraction of sp³-hybridized carbons (Fsp3) is 0.273. The minimum absolute atomic E-state index is 0.158. The molecule has 0 atom stereocenters. The van der Waals surface area contributed by atoms with Gasteiger partial charge in [0.1, 0.15) is 12.2 Å². The van der Waals surface area contributed by atoms with E-state index in [1.54, 1.807) is 6.92 Å². The molecule has 0 aliphatic heterocycles. The SMILES string of the molecule is CCOC(=O)CC(=O)Oc1ccc(Cl)cc1Cl. The maximum absolute atomic E-state index is 11.3. The van der Waals surface area contributed by atoms with Crippen LogP contribution in [0.2, 0.25) is 10.0 Å². The molecule has 17 heavy (non-hydrogen) atoms. The second kappa shape index (κ2) is 6.47. The molecule has 0 N–H and O–H groups in total. The molecule has 0 unspecified atom stereocenters. The van der Waals surface area contributed by atoms with E-state index in [0.29, 0.717) is 5.02 Å². The summed E-state index contributed by atoms with van der Waals surface area (Å²) in [4.78, 5) is 22.3. The smallest absolute Gasteiger partial charge is 0.322 e. The van der Waals surface area contributed by atoms with Crippen molar-refractivity contribution >= 4 is 35.1 Å². The van der Waals surface area contributed by atoms with E-state index in [-0.39, 0.29) is 17.4 Å². The van der Waals surface area contributed by atoms with Gasteiger partial charge >= 0.3 is 11.9 Å². The third-order valence-corrected chi connectivity index (χ3v) is 2.24. The highest BCUT2D eigenvalue weighted by Gasteiger charge is 2.14. The summed E-state index contributed by atoms with van der Waals surface area (Å²) in [6, 6.07) is 4.42. The molecule has 1 aromatic rings. The first-order valence-electron chi connectivity index (χ1n) is 4.84. The largest absolute Gasteiger partial charge is 0.466 e. The Bertz CT molecular complexity index is 431. The predicted molar refractivity (Wildman–Crippen MR) is 63.3 cm³/mol. The Kier molecular flexibility index (Phi) is 5.25. The molecule has 0 saturated heterocycles. The van der Waals surface area contributed by atoms with E-state index in [0.717, 1.165) is 0 Å². The molecule has 4 nitrogen and oxygen atoms in total. The summed E-state index contributed by atoms with van der Waals surface area (Å²) in [6.45, 7) is 1.87. The Labute approximate surface area is 108 Å². The quantitative estimate of drug-likeness (QED) is 0.482. The maximum Gasteiger partial charge on any atom is 0.322 e. The number of hydrogen-bond acceptors (Lipinski definition) is 4. The van der Waals surface area contributed by atoms with Gasteiger partial charge in [0.25, 0.3) is 0 Å². The summed E-state index contributed by atoms with van der Waals surface area (Å²) < 4.78 is 9.49. The Balaban J connectivity index is 2.59. The van der Waals surface area contributed by atoms with Gasteiger partial charge < -0.3 is 9.47 Å². The van der Waals surface area contributed by atoms with Gasteiger partial charge in [-0.1, -0.05) is 23.2 Å². The second-order valence-corrected chi connectivity index (χ2v) is 3.87. The van der Waals surface area contributed by atoms with Gasteiger partial charge in [-0.2, -0.15) is 0 Å². The standard InChI is InChI=1S/C11H10Cl2O4/c1-2-16-10(14)6-11(15)17-9-4-3-7(12)5-8(9)13/h3-5H,2,6H2,1H3. The maximum atomic E-state index is 11.3. The number of ether oxygens (including phenoxy) is 2. The first-order valence-corrected chi connectivity index (χ1v) is 5.60. The van der Waals surface area contributed by atoms with Crippen molar-refractivity contribution in [1.82, 2.24) is 0 Å². The molecule has 92 valence electrons. The Hall–Kier alpha value is -1.26. The average Bonchev–Trinajstić information content (AvgIpc) is 2.22. The molecule has 1 rings (SSSR count). The van der Waals surface area contributed by atoms with Crippen LogP contribution < -0.4 is 4.74 Å². The molecule has 0 amide bonds. The van der Waals surface area contributed by atoms with E-state index < -0.39 is 18.4 Å². The molecule has 0 bridgehead atoms. The predicted octanol–water partition coefficient (Wildman–Crippen LogP) is 2.85. The van der Waals surface area contributed by atoms with Crippen LogP contribution in [0, 0.1) is 0 Å². The number of rotatable bonds is 4. The summed E-state index contributed by atoms with van der Waals surface area (Å²) in [5, 5.41) is 0.634. The molecular weight excluding hydrogens is 267 g/mol. The van der Waals surface area contributed by atoms with Crippen LogP contribution in [0.15, 0.2) is 18.2 Å². The molecule has 1 aromatic carbocycles. The number of esters is 2. The summed E-state index contributed by atoms with van der Waals surface area (Å²) in [6.07, 6.45) is -0.452. The topological polar surface area (TPSA) is 52.6 Å². The zero-order valence-corrected chi connectivity index (χ0v) is 10.5. The molecular formula is C11H10Cl2O4. The number of halogens is 2. The number of benzene rings is 1. The first kappa shape index (κ1) is 13.8. The van der Waals surface area contributed by atoms with Crippen molar-refractivity contribution in [3.8, 4) is 5.75 Å². The number of carbonyl (C=O) groups excluding carboxylic acids is 2. The highest BCUT2D eigenvalue weighted by Crippen LogP contribution is 2.27. The molecule has 0 radical (unpaired) electrons. The van der Waals surface area contributed by atoms with E-state index in [1.165, 1.54) is 18.2 Å². The van der Waals surface area contributed by atoms with Gasteiger partial charge in [-0.3, -0.25) is 9.59 Å². The van der Waals surface area contributed by atoms with Crippen LogP contribution in [0.1, 0.15) is 13.3 Å². The van der Waals surface area contributed by atoms with Gasteiger partial charge in [-0.05, 0) is 25.1 Å². The molecule has 6 heteroatoms. The lowest BCUT2D eigenvalue weighted by Gasteiger charge is -2.06. The van der Waals surface area contributed by atoms with Crippen LogP contribution in [-0.2, 0) is 14.3 Å². The van der Waals surface area contributed by atoms with Crippen LogP contribution >= 0.6 is 23.2 Å². The molecule has 0 heterocycles. The highest BCUT2D eigenvalue weighted by molar-refractivity contribution is 6.35. The molecule has 0 saturated carbocycles. The minimum Gasteiger partial charge on any atom is -0.466 e. The van der Waals surface area contributed by atoms with Crippen molar-refractivity contribution in [1.29, 1.82) is 0 Å². The number of carbonyl (C=O) groups is 2. The van der Waals surface area contributed by atoms with Gasteiger partial charge in [-0.15, -0.1) is 0 Å². The third-order valence-electron chi connectivity index (χ3n) is 1.71. The van der Waals surface area contributed by atoms with Crippen LogP contribution in [0.4, 0.5) is 0 Å². The van der Waals surface area contributed by atoms with Crippen LogP contribution in [-0.4, -0.2) is 18.5 Å². The van der Waals surface area contributed by atoms with Gasteiger partial charge in [0.05, 0.1) is 11.6 Å². The van der Waals surface area contributed by atoms with E-state index in [1.807, 2.05) is 0 Å². The molecule has 0 aliphatic carbocycles. The van der Waals surface area contributed by atoms with Crippen molar-refractivity contribution < 1.29 is 19.1 Å². The molecule has 0 aliphatic rings. The second-order valence-electron chi connectivity index (χ2n) is 3.03. The zero-order valence-electron chi connectivity index (χ0n) is 9.04. The lowest BCUT2D eigenvalue weighted by atomic mass is 10.3. The fourth-order valence-corrected chi connectivity index (χ4v) is 1.49. The zero-order chi connectivity index (χ0) is 12.8. The van der Waals surface area contributed by atoms with Crippen LogP contribution in [0.5, 0.6) is 5.75 Å². The Morgan fingerprint density at radius 3 is 2.53 bits per heavy atom. The highest BCUT2D eigenvalue weighted by atomic mass is 35.5. The molecule has 0 aromatic heterocycles. The van der Waals surface area contributed by atoms with Crippen molar-refractivity contribution in [3.63, 3.8) is 0 Å². The van der Waals surface area contributed by atoms with E-state index in [2.05, 4.69) is 4.74 Å². The third kappa shape index (κ3) is 4.63. The molecule has 0 spiro atoms. The normalized spacial score (nSPS) is 9.82. The van der Waals surface area contributed by atoms with E-state index >= 15 is 0 Å². The summed E-state index contributed by atoms with van der Waals surface area (Å²) >= 11 is 11.5. The summed E-state index contributed by atoms with van der Waals surface area (Å²) in [7, 11) is 0. The van der Waals surface area contributed by atoms with Gasteiger partial charge in [-0.25, -0.2) is 0 Å². The lowest BCUT2D eigenvalue weighted by Crippen LogP contribution is -2.16. The van der Waals surface area contributed by atoms with Gasteiger partial charge in [0.15, 0.2) is 0 Å². The fourth-order valence-electron chi connectivity index (χ4n) is 1.05. The Morgan fingerprint density at radius 1 is 1.24 bits per heavy atom. The van der Waals surface area contributed by atoms with E-state index in [9.17, 15) is 9.59 Å². The van der Waals surface area contributed by atoms with Crippen molar-refractivity contribution in [3.05, 3.63) is 28.2 Å². The monoisotopic (exact) mass is 276 g/mol. The minimum atomic E-state index is -0.729. The van der Waals surface area contributed by atoms with Crippen molar-refractivity contribution in [2.24, 2.45) is 0 Å². The molecule has 0 fully saturated rings. The van der Waals surface area contributed by atoms with E-state index in [4.69, 9.17) is 27.9 Å². The van der Waals surface area contributed by atoms with Gasteiger partial charge in [0.2, 0.25) is 0 Å². The van der Waals surface area contributed by atoms with Crippen molar-refractivity contribution in [2.45, 2.75) is 13.3 Å². The average molecular weight is 277 g/mol. The van der Waals surface area contributed by atoms with Gasteiger partial charge in [0, 0.05) is 5.02 Å². The van der Waals surface area contributed by atoms with Crippen LogP contribution in [0.3, 0.4) is 0 Å². The van der Waals surface area contributed by atoms with Crippen LogP contribution in [0.25, 0.3) is 0 Å². The summed E-state index contributed by atoms with van der Waals surface area (Å²) in [5.74, 6) is -1.21. The first-order chi connectivity index (χ1) is 8.02. The van der Waals surface area contributed by atoms with Crippen molar-refractivity contribution in [2.75, 3.05) is 6.61 Å².